The van der Waals surface area contributed by atoms with E-state index in [1.165, 1.54) is 0 Å². The van der Waals surface area contributed by atoms with Crippen molar-refractivity contribution in [1.29, 1.82) is 0 Å². The molecule has 0 aromatic heterocycles. The molecule has 23 heavy (non-hydrogen) atoms. The van der Waals surface area contributed by atoms with Crippen LogP contribution in [0.1, 0.15) is 27.7 Å². The van der Waals surface area contributed by atoms with Gasteiger partial charge in [0.2, 0.25) is 0 Å². The van der Waals surface area contributed by atoms with Crippen LogP contribution in [0.25, 0.3) is 0 Å². The minimum absolute atomic E-state index is 0.104. The summed E-state index contributed by atoms with van der Waals surface area (Å²) in [7, 11) is 0. The van der Waals surface area contributed by atoms with Gasteiger partial charge in [-0.05, 0) is 27.7 Å². The molecule has 0 saturated heterocycles. The predicted molar refractivity (Wildman–Crippen MR) is 82.2 cm³/mol. The molecule has 0 unspecified atom stereocenters. The van der Waals surface area contributed by atoms with Gasteiger partial charge in [0.05, 0.1) is 13.2 Å². The maximum Gasteiger partial charge on any atom is 0.416 e. The van der Waals surface area contributed by atoms with Crippen LogP contribution in [0, 0.1) is 5.41 Å². The fraction of sp³-hybridized carbons (Fsp3) is 1.00. The van der Waals surface area contributed by atoms with Gasteiger partial charge in [0.1, 0.15) is 0 Å². The average Bonchev–Trinajstić information content (AvgIpc) is 2.37. The fourth-order valence-electron chi connectivity index (χ4n) is 1.06. The SMILES string of the molecule is CC(C)(OCC(CBr)(CBr)COC(C)(C)C(F)(F)F)C(F)(F)F. The van der Waals surface area contributed by atoms with E-state index in [1.54, 1.807) is 0 Å². The highest BCUT2D eigenvalue weighted by Gasteiger charge is 2.51. The highest BCUT2D eigenvalue weighted by atomic mass is 79.9. The third kappa shape index (κ3) is 6.36. The van der Waals surface area contributed by atoms with Gasteiger partial charge in [-0.25, -0.2) is 0 Å². The van der Waals surface area contributed by atoms with E-state index in [0.29, 0.717) is 0 Å². The molecule has 2 nitrogen and oxygen atoms in total. The van der Waals surface area contributed by atoms with Gasteiger partial charge in [-0.15, -0.1) is 0 Å². The van der Waals surface area contributed by atoms with E-state index in [-0.39, 0.29) is 10.7 Å². The Bertz CT molecular complexity index is 344. The van der Waals surface area contributed by atoms with Gasteiger partial charge in [-0.3, -0.25) is 0 Å². The Morgan fingerprint density at radius 1 is 0.652 bits per heavy atom. The Labute approximate surface area is 148 Å². The molecule has 0 heterocycles. The van der Waals surface area contributed by atoms with Gasteiger partial charge >= 0.3 is 12.4 Å². The lowest BCUT2D eigenvalue weighted by atomic mass is 9.94. The Morgan fingerprint density at radius 3 is 1.09 bits per heavy atom. The molecule has 0 N–H and O–H groups in total. The molecule has 0 radical (unpaired) electrons. The zero-order valence-corrected chi connectivity index (χ0v) is 16.3. The molecule has 140 valence electrons. The van der Waals surface area contributed by atoms with Crippen LogP contribution in [0.5, 0.6) is 0 Å². The van der Waals surface area contributed by atoms with E-state index in [0.717, 1.165) is 27.7 Å². The van der Waals surface area contributed by atoms with Gasteiger partial charge < -0.3 is 9.47 Å². The standard InChI is InChI=1S/C13H20Br2F6O2/c1-9(2,12(16,17)18)22-7-11(5-14,6-15)8-23-10(3,4)13(19,20)21/h5-8H2,1-4H3. The lowest BCUT2D eigenvalue weighted by Crippen LogP contribution is -2.49. The molecule has 0 fully saturated rings. The zero-order chi connectivity index (χ0) is 18.7. The van der Waals surface area contributed by atoms with E-state index < -0.39 is 42.2 Å². The first-order chi connectivity index (χ1) is 10.0. The van der Waals surface area contributed by atoms with Crippen LogP contribution in [0.2, 0.25) is 0 Å². The van der Waals surface area contributed by atoms with Crippen molar-refractivity contribution >= 4 is 31.9 Å². The smallest absolute Gasteiger partial charge is 0.365 e. The molecular weight excluding hydrogens is 462 g/mol. The van der Waals surface area contributed by atoms with Crippen molar-refractivity contribution in [3.63, 3.8) is 0 Å². The summed E-state index contributed by atoms with van der Waals surface area (Å²) < 4.78 is 86.8. The van der Waals surface area contributed by atoms with E-state index in [2.05, 4.69) is 31.9 Å². The van der Waals surface area contributed by atoms with Crippen molar-refractivity contribution in [3.05, 3.63) is 0 Å². The summed E-state index contributed by atoms with van der Waals surface area (Å²) in [6.45, 7) is 2.59. The second-order valence-corrected chi connectivity index (χ2v) is 7.48. The highest BCUT2D eigenvalue weighted by molar-refractivity contribution is 9.09. The third-order valence-electron chi connectivity index (χ3n) is 3.41. The van der Waals surface area contributed by atoms with Gasteiger partial charge in [0, 0.05) is 16.1 Å². The van der Waals surface area contributed by atoms with Crippen LogP contribution in [0.4, 0.5) is 26.3 Å². The second kappa shape index (κ2) is 7.78. The fourth-order valence-corrected chi connectivity index (χ4v) is 2.64. The number of rotatable bonds is 8. The molecular formula is C13H20Br2F6O2. The quantitative estimate of drug-likeness (QED) is 0.337. The zero-order valence-electron chi connectivity index (χ0n) is 13.2. The first kappa shape index (κ1) is 23.5. The van der Waals surface area contributed by atoms with Gasteiger partial charge in [0.25, 0.3) is 0 Å². The molecule has 0 amide bonds. The number of halogens is 8. The van der Waals surface area contributed by atoms with Crippen molar-refractivity contribution in [1.82, 2.24) is 0 Å². The summed E-state index contributed by atoms with van der Waals surface area (Å²) in [6.07, 6.45) is -9.19. The number of alkyl halides is 8. The summed E-state index contributed by atoms with van der Waals surface area (Å²) in [4.78, 5) is 0. The molecule has 0 atom stereocenters. The lowest BCUT2D eigenvalue weighted by Gasteiger charge is -2.38. The minimum atomic E-state index is -4.59. The van der Waals surface area contributed by atoms with Crippen molar-refractivity contribution in [2.24, 2.45) is 5.41 Å². The van der Waals surface area contributed by atoms with Crippen molar-refractivity contribution in [2.45, 2.75) is 51.2 Å². The van der Waals surface area contributed by atoms with Gasteiger partial charge in [-0.1, -0.05) is 31.9 Å². The predicted octanol–water partition coefficient (Wildman–Crippen LogP) is 5.48. The number of hydrogen-bond donors (Lipinski definition) is 0. The molecule has 0 aromatic rings. The molecule has 0 aliphatic rings. The van der Waals surface area contributed by atoms with Crippen molar-refractivity contribution in [3.8, 4) is 0 Å². The maximum atomic E-state index is 12.8. The van der Waals surface area contributed by atoms with E-state index >= 15 is 0 Å². The largest absolute Gasteiger partial charge is 0.416 e. The molecule has 0 spiro atoms. The molecule has 0 aliphatic carbocycles. The van der Waals surface area contributed by atoms with E-state index in [9.17, 15) is 26.3 Å². The Morgan fingerprint density at radius 2 is 0.913 bits per heavy atom. The van der Waals surface area contributed by atoms with Crippen molar-refractivity contribution in [2.75, 3.05) is 23.9 Å². The number of hydrogen-bond acceptors (Lipinski definition) is 2. The summed E-state index contributed by atoms with van der Waals surface area (Å²) in [5, 5.41) is 0.209. The summed E-state index contributed by atoms with van der Waals surface area (Å²) in [5.74, 6) is 0. The van der Waals surface area contributed by atoms with Crippen LogP contribution in [0.15, 0.2) is 0 Å². The first-order valence-corrected chi connectivity index (χ1v) is 8.81. The molecule has 0 rings (SSSR count). The van der Waals surface area contributed by atoms with Crippen LogP contribution in [0.3, 0.4) is 0 Å². The summed E-state index contributed by atoms with van der Waals surface area (Å²) in [5.41, 5.74) is -5.91. The van der Waals surface area contributed by atoms with Crippen LogP contribution >= 0.6 is 31.9 Å². The van der Waals surface area contributed by atoms with Crippen LogP contribution < -0.4 is 0 Å². The molecule has 0 aliphatic heterocycles. The van der Waals surface area contributed by atoms with E-state index in [4.69, 9.17) is 9.47 Å². The Kier molecular flexibility index (Phi) is 7.94. The normalized spacial score (nSPS) is 15.1. The van der Waals surface area contributed by atoms with Crippen LogP contribution in [-0.2, 0) is 9.47 Å². The Balaban J connectivity index is 5.03. The van der Waals surface area contributed by atoms with Crippen LogP contribution in [-0.4, -0.2) is 47.4 Å². The summed E-state index contributed by atoms with van der Waals surface area (Å²) in [6, 6.07) is 0. The minimum Gasteiger partial charge on any atom is -0.365 e. The van der Waals surface area contributed by atoms with Crippen molar-refractivity contribution < 1.29 is 35.8 Å². The van der Waals surface area contributed by atoms with E-state index in [1.807, 2.05) is 0 Å². The van der Waals surface area contributed by atoms with Gasteiger partial charge in [-0.2, -0.15) is 26.3 Å². The maximum absolute atomic E-state index is 12.8. The highest BCUT2D eigenvalue weighted by Crippen LogP contribution is 2.38. The second-order valence-electron chi connectivity index (χ2n) is 6.36. The molecule has 10 heteroatoms. The Hall–Kier alpha value is 0.460. The topological polar surface area (TPSA) is 18.5 Å². The third-order valence-corrected chi connectivity index (χ3v) is 5.79. The molecule has 0 saturated carbocycles. The monoisotopic (exact) mass is 480 g/mol. The molecule has 0 aromatic carbocycles. The summed E-state index contributed by atoms with van der Waals surface area (Å²) >= 11 is 6.23. The van der Waals surface area contributed by atoms with Gasteiger partial charge in [0.15, 0.2) is 11.2 Å². The first-order valence-electron chi connectivity index (χ1n) is 6.57. The molecule has 0 bridgehead atoms. The lowest BCUT2D eigenvalue weighted by molar-refractivity contribution is -0.282. The number of ether oxygens (including phenoxy) is 2. The average molecular weight is 482 g/mol.